The predicted octanol–water partition coefficient (Wildman–Crippen LogP) is 3.26. The molecule has 2 aromatic rings. The maximum absolute atomic E-state index is 6.08. The van der Waals surface area contributed by atoms with Gasteiger partial charge in [-0.05, 0) is 19.8 Å². The Bertz CT molecular complexity index is 596. The van der Waals surface area contributed by atoms with Crippen LogP contribution in [0.15, 0.2) is 24.3 Å². The van der Waals surface area contributed by atoms with Crippen LogP contribution in [0.5, 0.6) is 0 Å². The standard InChI is InChI=1S/C14H16ClN3O/c1-14(7-4-8-19-9-14)16-13-11-6-3-2-5-10(11)12(15)17-18-13/h2-3,5-6H,4,7-9H2,1H3,(H,16,18). The second-order valence-corrected chi connectivity index (χ2v) is 5.58. The van der Waals surface area contributed by atoms with E-state index in [0.717, 1.165) is 36.0 Å². The highest BCUT2D eigenvalue weighted by atomic mass is 35.5. The Morgan fingerprint density at radius 2 is 2.05 bits per heavy atom. The minimum Gasteiger partial charge on any atom is -0.379 e. The molecule has 0 bridgehead atoms. The minimum atomic E-state index is -0.0937. The molecule has 1 atom stereocenters. The van der Waals surface area contributed by atoms with Crippen molar-refractivity contribution in [3.63, 3.8) is 0 Å². The van der Waals surface area contributed by atoms with Gasteiger partial charge in [-0.15, -0.1) is 10.2 Å². The maximum Gasteiger partial charge on any atom is 0.159 e. The highest BCUT2D eigenvalue weighted by molar-refractivity contribution is 6.34. The van der Waals surface area contributed by atoms with Gasteiger partial charge in [-0.1, -0.05) is 35.9 Å². The zero-order valence-electron chi connectivity index (χ0n) is 10.8. The van der Waals surface area contributed by atoms with Gasteiger partial charge in [-0.3, -0.25) is 0 Å². The average Bonchev–Trinajstić information content (AvgIpc) is 2.43. The van der Waals surface area contributed by atoms with Crippen LogP contribution in [-0.4, -0.2) is 29.0 Å². The first kappa shape index (κ1) is 12.6. The van der Waals surface area contributed by atoms with E-state index in [9.17, 15) is 0 Å². The smallest absolute Gasteiger partial charge is 0.159 e. The van der Waals surface area contributed by atoms with Crippen molar-refractivity contribution in [3.8, 4) is 0 Å². The summed E-state index contributed by atoms with van der Waals surface area (Å²) in [5, 5.41) is 14.0. The lowest BCUT2D eigenvalue weighted by Gasteiger charge is -2.34. The molecule has 4 nitrogen and oxygen atoms in total. The maximum atomic E-state index is 6.08. The zero-order valence-corrected chi connectivity index (χ0v) is 11.6. The number of hydrogen-bond donors (Lipinski definition) is 1. The zero-order chi connectivity index (χ0) is 13.3. The van der Waals surface area contributed by atoms with Crippen molar-refractivity contribution in [2.75, 3.05) is 18.5 Å². The molecule has 1 aromatic carbocycles. The fraction of sp³-hybridized carbons (Fsp3) is 0.429. The van der Waals surface area contributed by atoms with Gasteiger partial charge in [0.15, 0.2) is 11.0 Å². The van der Waals surface area contributed by atoms with Crippen LogP contribution in [0.3, 0.4) is 0 Å². The van der Waals surface area contributed by atoms with Crippen LogP contribution in [0.25, 0.3) is 10.8 Å². The van der Waals surface area contributed by atoms with Crippen LogP contribution in [0, 0.1) is 0 Å². The number of aromatic nitrogens is 2. The van der Waals surface area contributed by atoms with Crippen LogP contribution in [0.4, 0.5) is 5.82 Å². The first-order chi connectivity index (χ1) is 9.18. The lowest BCUT2D eigenvalue weighted by Crippen LogP contribution is -2.43. The minimum absolute atomic E-state index is 0.0937. The lowest BCUT2D eigenvalue weighted by molar-refractivity contribution is 0.0539. The first-order valence-electron chi connectivity index (χ1n) is 6.45. The van der Waals surface area contributed by atoms with Crippen molar-refractivity contribution in [1.82, 2.24) is 10.2 Å². The fourth-order valence-electron chi connectivity index (χ4n) is 2.48. The molecule has 5 heteroatoms. The molecule has 1 N–H and O–H groups in total. The third-order valence-corrected chi connectivity index (χ3v) is 3.78. The number of ether oxygens (including phenoxy) is 1. The van der Waals surface area contributed by atoms with Crippen molar-refractivity contribution < 1.29 is 4.74 Å². The molecule has 0 spiro atoms. The van der Waals surface area contributed by atoms with Crippen LogP contribution >= 0.6 is 11.6 Å². The predicted molar refractivity (Wildman–Crippen MR) is 76.6 cm³/mol. The Balaban J connectivity index is 1.99. The highest BCUT2D eigenvalue weighted by Crippen LogP contribution is 2.29. The molecule has 0 aliphatic carbocycles. The largest absolute Gasteiger partial charge is 0.379 e. The first-order valence-corrected chi connectivity index (χ1v) is 6.83. The molecular weight excluding hydrogens is 262 g/mol. The fourth-order valence-corrected chi connectivity index (χ4v) is 2.68. The van der Waals surface area contributed by atoms with Gasteiger partial charge < -0.3 is 10.1 Å². The molecular formula is C14H16ClN3O. The second-order valence-electron chi connectivity index (χ2n) is 5.23. The molecule has 1 unspecified atom stereocenters. The van der Waals surface area contributed by atoms with Gasteiger partial charge in [0, 0.05) is 17.4 Å². The molecule has 2 heterocycles. The van der Waals surface area contributed by atoms with Gasteiger partial charge in [-0.2, -0.15) is 0 Å². The van der Waals surface area contributed by atoms with E-state index in [1.165, 1.54) is 0 Å². The molecule has 1 saturated heterocycles. The number of halogens is 1. The Morgan fingerprint density at radius 1 is 1.26 bits per heavy atom. The van der Waals surface area contributed by atoms with Crippen LogP contribution in [0.2, 0.25) is 5.15 Å². The van der Waals surface area contributed by atoms with Crippen molar-refractivity contribution in [1.29, 1.82) is 0 Å². The van der Waals surface area contributed by atoms with E-state index in [1.807, 2.05) is 24.3 Å². The van der Waals surface area contributed by atoms with Crippen LogP contribution in [-0.2, 0) is 4.74 Å². The second kappa shape index (κ2) is 4.94. The molecule has 1 fully saturated rings. The summed E-state index contributed by atoms with van der Waals surface area (Å²) in [6, 6.07) is 7.89. The molecule has 19 heavy (non-hydrogen) atoms. The van der Waals surface area contributed by atoms with Crippen molar-refractivity contribution >= 4 is 28.2 Å². The normalized spacial score (nSPS) is 23.5. The van der Waals surface area contributed by atoms with Gasteiger partial charge in [0.1, 0.15) is 0 Å². The summed E-state index contributed by atoms with van der Waals surface area (Å²) in [6.45, 7) is 3.67. The number of fused-ring (bicyclic) bond motifs is 1. The summed E-state index contributed by atoms with van der Waals surface area (Å²) in [5.41, 5.74) is -0.0937. The van der Waals surface area contributed by atoms with E-state index in [4.69, 9.17) is 16.3 Å². The molecule has 0 radical (unpaired) electrons. The van der Waals surface area contributed by atoms with Crippen LogP contribution < -0.4 is 5.32 Å². The van der Waals surface area contributed by atoms with Crippen molar-refractivity contribution in [2.24, 2.45) is 0 Å². The van der Waals surface area contributed by atoms with E-state index in [2.05, 4.69) is 22.4 Å². The van der Waals surface area contributed by atoms with E-state index < -0.39 is 0 Å². The number of nitrogens with zero attached hydrogens (tertiary/aromatic N) is 2. The molecule has 100 valence electrons. The summed E-state index contributed by atoms with van der Waals surface area (Å²) in [6.07, 6.45) is 2.12. The number of nitrogens with one attached hydrogen (secondary N) is 1. The molecule has 1 aromatic heterocycles. The van der Waals surface area contributed by atoms with Gasteiger partial charge in [0.25, 0.3) is 0 Å². The number of anilines is 1. The molecule has 0 saturated carbocycles. The van der Waals surface area contributed by atoms with E-state index in [1.54, 1.807) is 0 Å². The Morgan fingerprint density at radius 3 is 2.79 bits per heavy atom. The van der Waals surface area contributed by atoms with E-state index in [0.29, 0.717) is 11.8 Å². The number of benzene rings is 1. The quantitative estimate of drug-likeness (QED) is 0.915. The molecule has 1 aliphatic heterocycles. The van der Waals surface area contributed by atoms with E-state index in [-0.39, 0.29) is 5.54 Å². The van der Waals surface area contributed by atoms with Gasteiger partial charge in [0.05, 0.1) is 12.1 Å². The number of hydrogen-bond acceptors (Lipinski definition) is 4. The van der Waals surface area contributed by atoms with Crippen LogP contribution in [0.1, 0.15) is 19.8 Å². The summed E-state index contributed by atoms with van der Waals surface area (Å²) >= 11 is 6.08. The monoisotopic (exact) mass is 277 g/mol. The topological polar surface area (TPSA) is 47.0 Å². The number of rotatable bonds is 2. The van der Waals surface area contributed by atoms with E-state index >= 15 is 0 Å². The van der Waals surface area contributed by atoms with Gasteiger partial charge in [0.2, 0.25) is 0 Å². The SMILES string of the molecule is CC1(Nc2nnc(Cl)c3ccccc23)CCCOC1. The lowest BCUT2D eigenvalue weighted by atomic mass is 9.94. The molecule has 0 amide bonds. The van der Waals surface area contributed by atoms with Crippen molar-refractivity contribution in [2.45, 2.75) is 25.3 Å². The third kappa shape index (κ3) is 2.51. The van der Waals surface area contributed by atoms with Gasteiger partial charge in [-0.25, -0.2) is 0 Å². The summed E-state index contributed by atoms with van der Waals surface area (Å²) in [7, 11) is 0. The highest BCUT2D eigenvalue weighted by Gasteiger charge is 2.28. The van der Waals surface area contributed by atoms with Gasteiger partial charge >= 0.3 is 0 Å². The molecule has 3 rings (SSSR count). The van der Waals surface area contributed by atoms with Crippen molar-refractivity contribution in [3.05, 3.63) is 29.4 Å². The summed E-state index contributed by atoms with van der Waals surface area (Å²) < 4.78 is 5.56. The summed E-state index contributed by atoms with van der Waals surface area (Å²) in [5.74, 6) is 0.771. The Labute approximate surface area is 117 Å². The Hall–Kier alpha value is -1.39. The average molecular weight is 278 g/mol. The summed E-state index contributed by atoms with van der Waals surface area (Å²) in [4.78, 5) is 0. The Kier molecular flexibility index (Phi) is 3.29. The molecule has 1 aliphatic rings. The third-order valence-electron chi connectivity index (χ3n) is 3.50.